The number of amides is 1. The molecule has 9 nitrogen and oxygen atoms in total. The molecule has 34 heavy (non-hydrogen) atoms. The Morgan fingerprint density at radius 1 is 1.06 bits per heavy atom. The standard InChI is InChI=1S/C25H27N7O2/c1-25(2,3)34-24(33)28-17-14-31(15-17)32-22(18-10-7-13-27-21(18)26)30-20-12-11-19(29-23(20)32)16-8-5-4-6-9-16/h4-13,17H,14-15H2,1-3H3,(H2,26,27)(H,28,33). The van der Waals surface area contributed by atoms with Crippen LogP contribution >= 0.6 is 0 Å². The number of carbonyl (C=O) groups is 1. The lowest BCUT2D eigenvalue weighted by Gasteiger charge is -2.42. The lowest BCUT2D eigenvalue weighted by atomic mass is 10.1. The van der Waals surface area contributed by atoms with Crippen LogP contribution in [0.3, 0.4) is 0 Å². The van der Waals surface area contributed by atoms with Gasteiger partial charge in [-0.05, 0) is 45.0 Å². The summed E-state index contributed by atoms with van der Waals surface area (Å²) in [5.74, 6) is 1.06. The Hall–Kier alpha value is -4.14. The Labute approximate surface area is 197 Å². The van der Waals surface area contributed by atoms with Crippen molar-refractivity contribution in [3.05, 3.63) is 60.8 Å². The van der Waals surface area contributed by atoms with Crippen molar-refractivity contribution in [1.29, 1.82) is 0 Å². The molecule has 4 aromatic rings. The van der Waals surface area contributed by atoms with Crippen molar-refractivity contribution in [2.75, 3.05) is 23.8 Å². The molecule has 3 aromatic heterocycles. The van der Waals surface area contributed by atoms with Crippen LogP contribution in [0.25, 0.3) is 33.8 Å². The molecule has 5 rings (SSSR count). The molecule has 3 N–H and O–H groups in total. The first-order valence-corrected chi connectivity index (χ1v) is 11.2. The van der Waals surface area contributed by atoms with E-state index in [0.29, 0.717) is 24.7 Å². The number of hydrogen-bond donors (Lipinski definition) is 2. The van der Waals surface area contributed by atoms with E-state index in [4.69, 9.17) is 20.4 Å². The fourth-order valence-corrected chi connectivity index (χ4v) is 3.95. The summed E-state index contributed by atoms with van der Waals surface area (Å²) in [6.07, 6.45) is 1.23. The normalized spacial score (nSPS) is 14.1. The number of fused-ring (bicyclic) bond motifs is 1. The maximum absolute atomic E-state index is 12.2. The highest BCUT2D eigenvalue weighted by molar-refractivity contribution is 5.83. The van der Waals surface area contributed by atoms with Gasteiger partial charge in [0.25, 0.3) is 0 Å². The molecule has 1 amide bonds. The number of carbonyl (C=O) groups excluding carboxylic acids is 1. The van der Waals surface area contributed by atoms with Gasteiger partial charge in [-0.25, -0.2) is 24.4 Å². The molecule has 9 heteroatoms. The van der Waals surface area contributed by atoms with Crippen molar-refractivity contribution in [1.82, 2.24) is 24.9 Å². The van der Waals surface area contributed by atoms with E-state index in [2.05, 4.69) is 15.3 Å². The van der Waals surface area contributed by atoms with Crippen LogP contribution in [-0.2, 0) is 4.74 Å². The van der Waals surface area contributed by atoms with Crippen molar-refractivity contribution in [3.8, 4) is 22.6 Å². The summed E-state index contributed by atoms with van der Waals surface area (Å²) in [4.78, 5) is 26.2. The highest BCUT2D eigenvalue weighted by Crippen LogP contribution is 2.30. The van der Waals surface area contributed by atoms with E-state index < -0.39 is 11.7 Å². The van der Waals surface area contributed by atoms with Crippen LogP contribution in [0, 0.1) is 0 Å². The van der Waals surface area contributed by atoms with Gasteiger partial charge in [-0.1, -0.05) is 30.3 Å². The smallest absolute Gasteiger partial charge is 0.407 e. The first-order valence-electron chi connectivity index (χ1n) is 11.2. The van der Waals surface area contributed by atoms with Gasteiger partial charge in [0.2, 0.25) is 0 Å². The average Bonchev–Trinajstić information content (AvgIpc) is 3.13. The summed E-state index contributed by atoms with van der Waals surface area (Å²) in [7, 11) is 0. The maximum atomic E-state index is 12.2. The van der Waals surface area contributed by atoms with E-state index in [0.717, 1.165) is 28.0 Å². The maximum Gasteiger partial charge on any atom is 0.407 e. The van der Waals surface area contributed by atoms with Gasteiger partial charge in [0.1, 0.15) is 16.9 Å². The van der Waals surface area contributed by atoms with Gasteiger partial charge >= 0.3 is 6.09 Å². The first kappa shape index (κ1) is 21.7. The van der Waals surface area contributed by atoms with Crippen LogP contribution in [0.2, 0.25) is 0 Å². The second-order valence-electron chi connectivity index (χ2n) is 9.30. The molecule has 0 aliphatic carbocycles. The summed E-state index contributed by atoms with van der Waals surface area (Å²) >= 11 is 0. The molecule has 174 valence electrons. The van der Waals surface area contributed by atoms with Gasteiger partial charge in [0.15, 0.2) is 11.5 Å². The van der Waals surface area contributed by atoms with E-state index in [9.17, 15) is 4.79 Å². The van der Waals surface area contributed by atoms with Crippen molar-refractivity contribution >= 4 is 23.1 Å². The predicted molar refractivity (Wildman–Crippen MR) is 132 cm³/mol. The van der Waals surface area contributed by atoms with Crippen LogP contribution in [-0.4, -0.2) is 50.5 Å². The van der Waals surface area contributed by atoms with Crippen molar-refractivity contribution in [2.24, 2.45) is 0 Å². The molecule has 1 aromatic carbocycles. The molecule has 0 spiro atoms. The van der Waals surface area contributed by atoms with Crippen LogP contribution in [0.4, 0.5) is 10.6 Å². The monoisotopic (exact) mass is 457 g/mol. The minimum atomic E-state index is -0.545. The minimum absolute atomic E-state index is 0.0521. The zero-order valence-corrected chi connectivity index (χ0v) is 19.4. The molecule has 1 fully saturated rings. The molecule has 1 aliphatic heterocycles. The Kier molecular flexibility index (Phi) is 5.31. The third-order valence-corrected chi connectivity index (χ3v) is 5.50. The molecule has 1 saturated heterocycles. The van der Waals surface area contributed by atoms with E-state index in [1.54, 1.807) is 6.20 Å². The van der Waals surface area contributed by atoms with Gasteiger partial charge in [-0.2, -0.15) is 0 Å². The number of alkyl carbamates (subject to hydrolysis) is 1. The number of imidazole rings is 1. The molecule has 0 saturated carbocycles. The zero-order chi connectivity index (χ0) is 23.9. The zero-order valence-electron chi connectivity index (χ0n) is 19.4. The largest absolute Gasteiger partial charge is 0.444 e. The number of pyridine rings is 2. The Morgan fingerprint density at radius 3 is 2.53 bits per heavy atom. The molecule has 1 aliphatic rings. The highest BCUT2D eigenvalue weighted by Gasteiger charge is 2.33. The van der Waals surface area contributed by atoms with Gasteiger partial charge in [0, 0.05) is 11.8 Å². The third-order valence-electron chi connectivity index (χ3n) is 5.50. The number of nitrogen functional groups attached to an aromatic ring is 1. The summed E-state index contributed by atoms with van der Waals surface area (Å²) < 4.78 is 7.36. The lowest BCUT2D eigenvalue weighted by Crippen LogP contribution is -2.63. The lowest BCUT2D eigenvalue weighted by molar-refractivity contribution is 0.0491. The third kappa shape index (κ3) is 4.24. The summed E-state index contributed by atoms with van der Waals surface area (Å²) in [5.41, 5.74) is 9.72. The summed E-state index contributed by atoms with van der Waals surface area (Å²) in [6.45, 7) is 6.69. The molecule has 0 radical (unpaired) electrons. The summed E-state index contributed by atoms with van der Waals surface area (Å²) in [6, 6.07) is 17.6. The van der Waals surface area contributed by atoms with Crippen molar-refractivity contribution in [2.45, 2.75) is 32.4 Å². The predicted octanol–water partition coefficient (Wildman–Crippen LogP) is 3.59. The second-order valence-corrected chi connectivity index (χ2v) is 9.30. The van der Waals surface area contributed by atoms with E-state index in [-0.39, 0.29) is 6.04 Å². The van der Waals surface area contributed by atoms with Gasteiger partial charge in [-0.15, -0.1) is 0 Å². The number of nitrogens with two attached hydrogens (primary N) is 1. The van der Waals surface area contributed by atoms with E-state index in [1.807, 2.05) is 80.0 Å². The number of nitrogens with zero attached hydrogens (tertiary/aromatic N) is 5. The molecular weight excluding hydrogens is 430 g/mol. The molecular formula is C25H27N7O2. The fraction of sp³-hybridized carbons (Fsp3) is 0.280. The average molecular weight is 458 g/mol. The number of aromatic nitrogens is 4. The number of anilines is 1. The molecule has 0 bridgehead atoms. The number of nitrogens with one attached hydrogen (secondary N) is 1. The fourth-order valence-electron chi connectivity index (χ4n) is 3.95. The molecule has 0 atom stereocenters. The second kappa shape index (κ2) is 8.33. The number of hydrogen-bond acceptors (Lipinski definition) is 7. The number of ether oxygens (including phenoxy) is 1. The van der Waals surface area contributed by atoms with Crippen LogP contribution in [0.15, 0.2) is 60.8 Å². The van der Waals surface area contributed by atoms with E-state index in [1.165, 1.54) is 0 Å². The van der Waals surface area contributed by atoms with Crippen molar-refractivity contribution < 1.29 is 9.53 Å². The number of rotatable bonds is 4. The van der Waals surface area contributed by atoms with Gasteiger partial charge in [0.05, 0.1) is 30.4 Å². The molecule has 4 heterocycles. The van der Waals surface area contributed by atoms with Gasteiger partial charge < -0.3 is 20.8 Å². The van der Waals surface area contributed by atoms with Crippen LogP contribution < -0.4 is 16.1 Å². The quantitative estimate of drug-likeness (QED) is 0.482. The summed E-state index contributed by atoms with van der Waals surface area (Å²) in [5, 5.41) is 5.01. The SMILES string of the molecule is CC(C)(C)OC(=O)NC1CN(n2c(-c3cccnc3N)nc3ccc(-c4ccccc4)nc32)C1. The number of benzene rings is 1. The van der Waals surface area contributed by atoms with Gasteiger partial charge in [-0.3, -0.25) is 0 Å². The van der Waals surface area contributed by atoms with Crippen LogP contribution in [0.5, 0.6) is 0 Å². The Bertz CT molecular complexity index is 1340. The Morgan fingerprint density at radius 2 is 1.82 bits per heavy atom. The highest BCUT2D eigenvalue weighted by atomic mass is 16.6. The van der Waals surface area contributed by atoms with E-state index >= 15 is 0 Å². The minimum Gasteiger partial charge on any atom is -0.444 e. The van der Waals surface area contributed by atoms with Crippen molar-refractivity contribution in [3.63, 3.8) is 0 Å². The molecule has 0 unspecified atom stereocenters. The van der Waals surface area contributed by atoms with Crippen LogP contribution in [0.1, 0.15) is 20.8 Å². The Balaban J connectivity index is 1.51. The topological polar surface area (TPSA) is 111 Å². The first-order chi connectivity index (χ1) is 16.3.